The fourth-order valence-electron chi connectivity index (χ4n) is 2.94. The number of amides is 1. The molecular weight excluding hydrogens is 334 g/mol. The second-order valence-corrected chi connectivity index (χ2v) is 7.23. The number of hydrogen-bond donors (Lipinski definition) is 1. The predicted molar refractivity (Wildman–Crippen MR) is 99.4 cm³/mol. The Balaban J connectivity index is 1.57. The number of carbonyl (C=O) groups excluding carboxylic acids is 1. The number of H-pyrrole nitrogens is 1. The van der Waals surface area contributed by atoms with Crippen LogP contribution in [0.2, 0.25) is 0 Å². The molecule has 25 heavy (non-hydrogen) atoms. The normalized spacial score (nSPS) is 11.0. The highest BCUT2D eigenvalue weighted by Gasteiger charge is 2.15. The van der Waals surface area contributed by atoms with Crippen LogP contribution in [0.1, 0.15) is 29.1 Å². The van der Waals surface area contributed by atoms with Crippen LogP contribution in [-0.4, -0.2) is 37.8 Å². The number of aromatic nitrogens is 4. The Bertz CT molecular complexity index is 862. The maximum absolute atomic E-state index is 12.5. The van der Waals surface area contributed by atoms with E-state index in [4.69, 9.17) is 0 Å². The molecule has 0 aliphatic heterocycles. The predicted octanol–water partition coefficient (Wildman–Crippen LogP) is 3.08. The molecule has 3 heterocycles. The number of hydrogen-bond acceptors (Lipinski definition) is 4. The van der Waals surface area contributed by atoms with Crippen LogP contribution in [-0.2, 0) is 24.8 Å². The van der Waals surface area contributed by atoms with E-state index in [-0.39, 0.29) is 5.91 Å². The zero-order valence-corrected chi connectivity index (χ0v) is 15.9. The van der Waals surface area contributed by atoms with Crippen LogP contribution in [0.25, 0.3) is 10.6 Å². The van der Waals surface area contributed by atoms with Crippen molar-refractivity contribution in [2.24, 2.45) is 7.05 Å². The smallest absolute Gasteiger partial charge is 0.222 e. The second-order valence-electron chi connectivity index (χ2n) is 6.28. The molecule has 3 aromatic rings. The van der Waals surface area contributed by atoms with Crippen LogP contribution in [0.4, 0.5) is 0 Å². The number of aromatic amines is 1. The average molecular weight is 357 g/mol. The molecule has 0 saturated carbocycles. The first-order valence-corrected chi connectivity index (χ1v) is 9.15. The number of aryl methyl sites for hydroxylation is 2. The first kappa shape index (κ1) is 17.4. The average Bonchev–Trinajstić information content (AvgIpc) is 3.29. The van der Waals surface area contributed by atoms with Gasteiger partial charge in [0.1, 0.15) is 5.69 Å². The van der Waals surface area contributed by atoms with E-state index in [1.165, 1.54) is 5.56 Å². The van der Waals surface area contributed by atoms with Gasteiger partial charge in [-0.25, -0.2) is 0 Å². The Morgan fingerprint density at radius 1 is 1.40 bits per heavy atom. The van der Waals surface area contributed by atoms with Crippen molar-refractivity contribution < 1.29 is 4.79 Å². The maximum Gasteiger partial charge on any atom is 0.222 e. The summed E-state index contributed by atoms with van der Waals surface area (Å²) in [5, 5.41) is 13.8. The summed E-state index contributed by atoms with van der Waals surface area (Å²) in [5.74, 6) is 0.120. The molecule has 0 aliphatic carbocycles. The quantitative estimate of drug-likeness (QED) is 0.737. The van der Waals surface area contributed by atoms with Gasteiger partial charge in [-0.3, -0.25) is 14.6 Å². The first-order chi connectivity index (χ1) is 12.0. The van der Waals surface area contributed by atoms with Crippen LogP contribution in [0.3, 0.4) is 0 Å². The third-order valence-electron chi connectivity index (χ3n) is 4.49. The fourth-order valence-corrected chi connectivity index (χ4v) is 3.63. The molecular formula is C18H23N5OS. The van der Waals surface area contributed by atoms with Gasteiger partial charge in [-0.05, 0) is 43.3 Å². The van der Waals surface area contributed by atoms with E-state index in [0.29, 0.717) is 13.0 Å². The van der Waals surface area contributed by atoms with Gasteiger partial charge in [0.25, 0.3) is 0 Å². The molecule has 7 heteroatoms. The molecule has 6 nitrogen and oxygen atoms in total. The van der Waals surface area contributed by atoms with Crippen LogP contribution >= 0.6 is 11.3 Å². The molecule has 3 rings (SSSR count). The van der Waals surface area contributed by atoms with E-state index >= 15 is 0 Å². The number of carbonyl (C=O) groups is 1. The number of rotatable bonds is 6. The van der Waals surface area contributed by atoms with Gasteiger partial charge >= 0.3 is 0 Å². The second kappa shape index (κ2) is 7.23. The minimum atomic E-state index is 0.120. The molecule has 0 aliphatic rings. The zero-order chi connectivity index (χ0) is 18.0. The molecule has 0 bridgehead atoms. The van der Waals surface area contributed by atoms with Gasteiger partial charge in [-0.1, -0.05) is 6.07 Å². The third-order valence-corrected chi connectivity index (χ3v) is 5.38. The van der Waals surface area contributed by atoms with Crippen LogP contribution in [0.5, 0.6) is 0 Å². The van der Waals surface area contributed by atoms with E-state index in [0.717, 1.165) is 34.1 Å². The van der Waals surface area contributed by atoms with E-state index in [1.807, 2.05) is 56.2 Å². The van der Waals surface area contributed by atoms with Gasteiger partial charge in [-0.15, -0.1) is 11.3 Å². The minimum absolute atomic E-state index is 0.120. The molecule has 0 radical (unpaired) electrons. The molecule has 0 fully saturated rings. The molecule has 0 saturated heterocycles. The Morgan fingerprint density at radius 3 is 2.84 bits per heavy atom. The summed E-state index contributed by atoms with van der Waals surface area (Å²) in [5.41, 5.74) is 5.16. The highest BCUT2D eigenvalue weighted by atomic mass is 32.1. The summed E-state index contributed by atoms with van der Waals surface area (Å²) in [6.45, 7) is 4.57. The zero-order valence-electron chi connectivity index (χ0n) is 15.0. The Labute approximate surface area is 151 Å². The van der Waals surface area contributed by atoms with E-state index < -0.39 is 0 Å². The van der Waals surface area contributed by atoms with Crippen LogP contribution in [0, 0.1) is 13.8 Å². The Kier molecular flexibility index (Phi) is 5.03. The summed E-state index contributed by atoms with van der Waals surface area (Å²) in [7, 11) is 3.76. The maximum atomic E-state index is 12.5. The van der Waals surface area contributed by atoms with Crippen molar-refractivity contribution in [1.82, 2.24) is 24.9 Å². The van der Waals surface area contributed by atoms with E-state index in [1.54, 1.807) is 16.2 Å². The lowest BCUT2D eigenvalue weighted by Crippen LogP contribution is -2.26. The van der Waals surface area contributed by atoms with Crippen molar-refractivity contribution in [3.63, 3.8) is 0 Å². The molecule has 0 atom stereocenters. The molecule has 132 valence electrons. The van der Waals surface area contributed by atoms with E-state index in [2.05, 4.69) is 15.3 Å². The van der Waals surface area contributed by atoms with E-state index in [9.17, 15) is 4.79 Å². The molecule has 1 amide bonds. The highest BCUT2D eigenvalue weighted by molar-refractivity contribution is 7.13. The summed E-state index contributed by atoms with van der Waals surface area (Å²) in [6.07, 6.45) is 1.20. The van der Waals surface area contributed by atoms with Gasteiger partial charge in [0, 0.05) is 26.2 Å². The largest absolute Gasteiger partial charge is 0.340 e. The molecule has 0 aromatic carbocycles. The van der Waals surface area contributed by atoms with Gasteiger partial charge < -0.3 is 4.90 Å². The summed E-state index contributed by atoms with van der Waals surface area (Å²) in [6, 6.07) is 6.05. The Hall–Kier alpha value is -2.41. The monoisotopic (exact) mass is 357 g/mol. The van der Waals surface area contributed by atoms with Crippen molar-refractivity contribution in [1.29, 1.82) is 0 Å². The van der Waals surface area contributed by atoms with Gasteiger partial charge in [-0.2, -0.15) is 10.2 Å². The molecule has 1 N–H and O–H groups in total. The van der Waals surface area contributed by atoms with Crippen molar-refractivity contribution in [3.05, 3.63) is 46.2 Å². The molecule has 0 spiro atoms. The summed E-state index contributed by atoms with van der Waals surface area (Å²) in [4.78, 5) is 15.3. The standard InChI is InChI=1S/C18H23N5OS/c1-12-15(13(2)23(4)21-12)7-8-18(24)22(3)11-14-10-16(20-19-14)17-6-5-9-25-17/h5-6,9-10H,7-8,11H2,1-4H3,(H,19,20). The molecule has 0 unspecified atom stereocenters. The summed E-state index contributed by atoms with van der Waals surface area (Å²) < 4.78 is 1.87. The molecule has 3 aromatic heterocycles. The minimum Gasteiger partial charge on any atom is -0.340 e. The summed E-state index contributed by atoms with van der Waals surface area (Å²) >= 11 is 1.65. The lowest BCUT2D eigenvalue weighted by atomic mass is 10.1. The number of nitrogens with one attached hydrogen (secondary N) is 1. The van der Waals surface area contributed by atoms with Gasteiger partial charge in [0.15, 0.2) is 0 Å². The topological polar surface area (TPSA) is 66.8 Å². The van der Waals surface area contributed by atoms with Crippen molar-refractivity contribution in [2.45, 2.75) is 33.2 Å². The van der Waals surface area contributed by atoms with Gasteiger partial charge in [0.05, 0.1) is 22.8 Å². The van der Waals surface area contributed by atoms with Crippen molar-refractivity contribution in [2.75, 3.05) is 7.05 Å². The number of nitrogens with zero attached hydrogens (tertiary/aromatic N) is 4. The number of thiophene rings is 1. The van der Waals surface area contributed by atoms with Crippen LogP contribution < -0.4 is 0 Å². The third kappa shape index (κ3) is 3.82. The lowest BCUT2D eigenvalue weighted by Gasteiger charge is -2.16. The lowest BCUT2D eigenvalue weighted by molar-refractivity contribution is -0.130. The van der Waals surface area contributed by atoms with Crippen molar-refractivity contribution in [3.8, 4) is 10.6 Å². The highest BCUT2D eigenvalue weighted by Crippen LogP contribution is 2.23. The van der Waals surface area contributed by atoms with Crippen LogP contribution in [0.15, 0.2) is 23.6 Å². The first-order valence-electron chi connectivity index (χ1n) is 8.27. The fraction of sp³-hybridized carbons (Fsp3) is 0.389. The van der Waals surface area contributed by atoms with Crippen molar-refractivity contribution >= 4 is 17.2 Å². The SMILES string of the molecule is Cc1nn(C)c(C)c1CCC(=O)N(C)Cc1cc(-c2cccs2)n[nH]1. The van der Waals surface area contributed by atoms with Gasteiger partial charge in [0.2, 0.25) is 5.91 Å². The Morgan fingerprint density at radius 2 is 2.20 bits per heavy atom.